The van der Waals surface area contributed by atoms with Gasteiger partial charge in [0.2, 0.25) is 0 Å². The number of nitrogens with zero attached hydrogens (tertiary/aromatic N) is 1. The van der Waals surface area contributed by atoms with Crippen molar-refractivity contribution in [2.24, 2.45) is 11.8 Å². The van der Waals surface area contributed by atoms with Gasteiger partial charge >= 0.3 is 0 Å². The molecule has 1 saturated carbocycles. The number of aromatic nitrogens is 1. The van der Waals surface area contributed by atoms with Crippen LogP contribution in [-0.2, 0) is 5.60 Å². The van der Waals surface area contributed by atoms with Gasteiger partial charge in [-0.1, -0.05) is 19.9 Å². The fourth-order valence-corrected chi connectivity index (χ4v) is 2.85. The molecule has 1 aromatic rings. The monoisotopic (exact) mass is 219 g/mol. The Morgan fingerprint density at radius 3 is 2.75 bits per heavy atom. The first kappa shape index (κ1) is 11.6. The molecular formula is C14H21NO. The Balaban J connectivity index is 2.31. The molecule has 1 aromatic heterocycles. The molecule has 1 N–H and O–H groups in total. The number of hydrogen-bond acceptors (Lipinski definition) is 2. The number of hydrogen-bond donors (Lipinski definition) is 1. The van der Waals surface area contributed by atoms with Gasteiger partial charge in [0.25, 0.3) is 0 Å². The van der Waals surface area contributed by atoms with Gasteiger partial charge in [0, 0.05) is 18.0 Å². The molecule has 1 heterocycles. The van der Waals surface area contributed by atoms with Crippen LogP contribution in [0.3, 0.4) is 0 Å². The summed E-state index contributed by atoms with van der Waals surface area (Å²) < 4.78 is 0. The quantitative estimate of drug-likeness (QED) is 0.787. The highest BCUT2D eigenvalue weighted by Crippen LogP contribution is 2.43. The molecule has 0 bridgehead atoms. The lowest BCUT2D eigenvalue weighted by molar-refractivity contribution is -0.0590. The van der Waals surface area contributed by atoms with E-state index in [-0.39, 0.29) is 0 Å². The van der Waals surface area contributed by atoms with Crippen molar-refractivity contribution >= 4 is 0 Å². The molecule has 1 fully saturated rings. The maximum absolute atomic E-state index is 10.8. The van der Waals surface area contributed by atoms with E-state index in [0.29, 0.717) is 5.92 Å². The largest absolute Gasteiger partial charge is 0.385 e. The Bertz CT molecular complexity index is 377. The highest BCUT2D eigenvalue weighted by molar-refractivity contribution is 5.24. The SMILES string of the molecule is Cc1cncc(C2(O)CCC(C)CC2C)c1. The molecule has 88 valence electrons. The molecule has 3 atom stereocenters. The molecule has 16 heavy (non-hydrogen) atoms. The van der Waals surface area contributed by atoms with E-state index in [4.69, 9.17) is 0 Å². The lowest BCUT2D eigenvalue weighted by Gasteiger charge is -2.41. The summed E-state index contributed by atoms with van der Waals surface area (Å²) in [6.07, 6.45) is 6.72. The maximum Gasteiger partial charge on any atom is 0.0937 e. The van der Waals surface area contributed by atoms with Crippen LogP contribution in [0, 0.1) is 18.8 Å². The number of rotatable bonds is 1. The zero-order chi connectivity index (χ0) is 11.8. The Hall–Kier alpha value is -0.890. The van der Waals surface area contributed by atoms with Crippen LogP contribution >= 0.6 is 0 Å². The first-order valence-electron chi connectivity index (χ1n) is 6.17. The van der Waals surface area contributed by atoms with Gasteiger partial charge in [-0.15, -0.1) is 0 Å². The summed E-state index contributed by atoms with van der Waals surface area (Å²) in [6, 6.07) is 2.07. The van der Waals surface area contributed by atoms with Crippen LogP contribution in [-0.4, -0.2) is 10.1 Å². The second kappa shape index (κ2) is 4.17. The highest BCUT2D eigenvalue weighted by Gasteiger charge is 2.39. The van der Waals surface area contributed by atoms with Crippen molar-refractivity contribution in [1.29, 1.82) is 0 Å². The molecule has 2 rings (SSSR count). The van der Waals surface area contributed by atoms with Gasteiger partial charge in [-0.3, -0.25) is 4.98 Å². The summed E-state index contributed by atoms with van der Waals surface area (Å²) in [5.41, 5.74) is 1.45. The average Bonchev–Trinajstić information content (AvgIpc) is 2.24. The Kier molecular flexibility index (Phi) is 3.02. The minimum atomic E-state index is -0.661. The maximum atomic E-state index is 10.8. The van der Waals surface area contributed by atoms with Crippen molar-refractivity contribution in [3.63, 3.8) is 0 Å². The predicted molar refractivity (Wildman–Crippen MR) is 65.0 cm³/mol. The number of pyridine rings is 1. The fraction of sp³-hybridized carbons (Fsp3) is 0.643. The molecule has 1 aliphatic carbocycles. The fourth-order valence-electron chi connectivity index (χ4n) is 2.85. The van der Waals surface area contributed by atoms with Gasteiger partial charge in [0.1, 0.15) is 0 Å². The van der Waals surface area contributed by atoms with Crippen LogP contribution < -0.4 is 0 Å². The Morgan fingerprint density at radius 1 is 1.38 bits per heavy atom. The summed E-state index contributed by atoms with van der Waals surface area (Å²) in [5, 5.41) is 10.8. The molecule has 2 nitrogen and oxygen atoms in total. The second-order valence-corrected chi connectivity index (χ2v) is 5.46. The molecule has 2 heteroatoms. The van der Waals surface area contributed by atoms with Crippen molar-refractivity contribution in [3.05, 3.63) is 29.6 Å². The van der Waals surface area contributed by atoms with Gasteiger partial charge in [-0.25, -0.2) is 0 Å². The second-order valence-electron chi connectivity index (χ2n) is 5.46. The third-order valence-corrected chi connectivity index (χ3v) is 3.96. The summed E-state index contributed by atoms with van der Waals surface area (Å²) in [7, 11) is 0. The number of aliphatic hydroxyl groups is 1. The molecule has 3 unspecified atom stereocenters. The topological polar surface area (TPSA) is 33.1 Å². The first-order valence-corrected chi connectivity index (χ1v) is 6.17. The van der Waals surface area contributed by atoms with Crippen molar-refractivity contribution in [1.82, 2.24) is 4.98 Å². The minimum Gasteiger partial charge on any atom is -0.385 e. The van der Waals surface area contributed by atoms with Gasteiger partial charge in [0.05, 0.1) is 5.60 Å². The zero-order valence-electron chi connectivity index (χ0n) is 10.4. The van der Waals surface area contributed by atoms with E-state index < -0.39 is 5.60 Å². The van der Waals surface area contributed by atoms with Crippen LogP contribution in [0.15, 0.2) is 18.5 Å². The molecule has 0 aromatic carbocycles. The van der Waals surface area contributed by atoms with E-state index in [1.807, 2.05) is 19.3 Å². The summed E-state index contributed by atoms with van der Waals surface area (Å²) >= 11 is 0. The van der Waals surface area contributed by atoms with E-state index in [2.05, 4.69) is 24.9 Å². The summed E-state index contributed by atoms with van der Waals surface area (Å²) in [6.45, 7) is 6.44. The summed E-state index contributed by atoms with van der Waals surface area (Å²) in [5.74, 6) is 1.05. The van der Waals surface area contributed by atoms with Crippen LogP contribution in [0.1, 0.15) is 44.2 Å². The van der Waals surface area contributed by atoms with Crippen LogP contribution in [0.4, 0.5) is 0 Å². The zero-order valence-corrected chi connectivity index (χ0v) is 10.4. The van der Waals surface area contributed by atoms with Crippen molar-refractivity contribution in [2.45, 2.75) is 45.6 Å². The van der Waals surface area contributed by atoms with Crippen LogP contribution in [0.2, 0.25) is 0 Å². The van der Waals surface area contributed by atoms with Gasteiger partial charge in [0.15, 0.2) is 0 Å². The van der Waals surface area contributed by atoms with Gasteiger partial charge in [-0.05, 0) is 43.6 Å². The Labute approximate surface area is 97.7 Å². The van der Waals surface area contributed by atoms with Crippen molar-refractivity contribution < 1.29 is 5.11 Å². The first-order chi connectivity index (χ1) is 7.52. The third-order valence-electron chi connectivity index (χ3n) is 3.96. The minimum absolute atomic E-state index is 0.319. The average molecular weight is 219 g/mol. The van der Waals surface area contributed by atoms with Crippen LogP contribution in [0.25, 0.3) is 0 Å². The lowest BCUT2D eigenvalue weighted by atomic mass is 9.69. The Morgan fingerprint density at radius 2 is 2.12 bits per heavy atom. The van der Waals surface area contributed by atoms with E-state index in [9.17, 15) is 5.11 Å². The van der Waals surface area contributed by atoms with E-state index >= 15 is 0 Å². The van der Waals surface area contributed by atoms with Gasteiger partial charge < -0.3 is 5.11 Å². The molecular weight excluding hydrogens is 198 g/mol. The van der Waals surface area contributed by atoms with Crippen LogP contribution in [0.5, 0.6) is 0 Å². The van der Waals surface area contributed by atoms with Crippen molar-refractivity contribution in [2.75, 3.05) is 0 Å². The molecule has 0 saturated heterocycles. The predicted octanol–water partition coefficient (Wildman–Crippen LogP) is 3.03. The highest BCUT2D eigenvalue weighted by atomic mass is 16.3. The normalized spacial score (nSPS) is 35.0. The van der Waals surface area contributed by atoms with E-state index in [1.54, 1.807) is 0 Å². The smallest absolute Gasteiger partial charge is 0.0937 e. The lowest BCUT2D eigenvalue weighted by Crippen LogP contribution is -2.38. The number of aryl methyl sites for hydroxylation is 1. The van der Waals surface area contributed by atoms with E-state index in [0.717, 1.165) is 36.3 Å². The molecule has 0 amide bonds. The molecule has 0 aliphatic heterocycles. The van der Waals surface area contributed by atoms with Crippen molar-refractivity contribution in [3.8, 4) is 0 Å². The molecule has 0 radical (unpaired) electrons. The summed E-state index contributed by atoms with van der Waals surface area (Å²) in [4.78, 5) is 4.20. The molecule has 0 spiro atoms. The van der Waals surface area contributed by atoms with Gasteiger partial charge in [-0.2, -0.15) is 0 Å². The standard InChI is InChI=1S/C14H21NO/c1-10-4-5-14(16,12(3)6-10)13-7-11(2)8-15-9-13/h7-10,12,16H,4-6H2,1-3H3. The third kappa shape index (κ3) is 1.99. The van der Waals surface area contributed by atoms with E-state index in [1.165, 1.54) is 0 Å². The molecule has 1 aliphatic rings.